The number of rotatable bonds is 10. The fourth-order valence-electron chi connectivity index (χ4n) is 3.36. The summed E-state index contributed by atoms with van der Waals surface area (Å²) in [6, 6.07) is 26.8. The van der Waals surface area contributed by atoms with Crippen LogP contribution in [0.4, 0.5) is 0 Å². The zero-order valence-electron chi connectivity index (χ0n) is 17.6. The number of aliphatic hydroxyl groups is 2. The van der Waals surface area contributed by atoms with Crippen LogP contribution < -0.4 is 4.74 Å². The summed E-state index contributed by atoms with van der Waals surface area (Å²) in [5.74, 6) is 0.858. The molecule has 0 saturated carbocycles. The average Bonchev–Trinajstić information content (AvgIpc) is 2.79. The van der Waals surface area contributed by atoms with E-state index in [4.69, 9.17) is 4.74 Å². The Morgan fingerprint density at radius 1 is 0.800 bits per heavy atom. The van der Waals surface area contributed by atoms with Gasteiger partial charge in [-0.3, -0.25) is 0 Å². The van der Waals surface area contributed by atoms with Gasteiger partial charge in [0, 0.05) is 22.3 Å². The quantitative estimate of drug-likeness (QED) is 0.447. The van der Waals surface area contributed by atoms with Crippen molar-refractivity contribution in [3.63, 3.8) is 0 Å². The highest BCUT2D eigenvalue weighted by Gasteiger charge is 2.20. The Morgan fingerprint density at radius 3 is 2.23 bits per heavy atom. The molecule has 0 aliphatic rings. The molecule has 3 nitrogen and oxygen atoms in total. The molecule has 0 aliphatic heterocycles. The zero-order valence-corrected chi connectivity index (χ0v) is 18.4. The summed E-state index contributed by atoms with van der Waals surface area (Å²) >= 11 is 1.70. The van der Waals surface area contributed by atoms with Crippen molar-refractivity contribution in [3.05, 3.63) is 90.0 Å². The third-order valence-electron chi connectivity index (χ3n) is 5.22. The number of hydrogen-bond donors (Lipinski definition) is 2. The molecule has 3 rings (SSSR count). The molecule has 2 N–H and O–H groups in total. The molecule has 0 radical (unpaired) electrons. The Morgan fingerprint density at radius 2 is 1.53 bits per heavy atom. The van der Waals surface area contributed by atoms with Crippen LogP contribution in [0.2, 0.25) is 0 Å². The van der Waals surface area contributed by atoms with Gasteiger partial charge < -0.3 is 14.9 Å². The van der Waals surface area contributed by atoms with E-state index in [1.54, 1.807) is 11.8 Å². The molecule has 0 bridgehead atoms. The van der Waals surface area contributed by atoms with Crippen LogP contribution in [-0.2, 0) is 13.0 Å². The molecule has 0 fully saturated rings. The first-order valence-electron chi connectivity index (χ1n) is 10.4. The van der Waals surface area contributed by atoms with Crippen molar-refractivity contribution in [2.24, 2.45) is 11.8 Å². The molecule has 158 valence electrons. The van der Waals surface area contributed by atoms with Crippen LogP contribution >= 0.6 is 11.8 Å². The standard InChI is InChI=1S/C26H30O3S/c1-19(26(28)20(2)17-27)15-21-11-13-24(14-12-21)30-25-10-6-9-23(16-25)29-18-22-7-4-3-5-8-22/h3-14,16,19-20,26-28H,15,17-18H2,1-2H3. The van der Waals surface area contributed by atoms with E-state index in [9.17, 15) is 10.2 Å². The Kier molecular flexibility index (Phi) is 8.38. The minimum Gasteiger partial charge on any atom is -0.489 e. The Balaban J connectivity index is 1.56. The van der Waals surface area contributed by atoms with Gasteiger partial charge in [0.1, 0.15) is 12.4 Å². The Hall–Kier alpha value is -2.27. The number of hydrogen-bond acceptors (Lipinski definition) is 4. The summed E-state index contributed by atoms with van der Waals surface area (Å²) < 4.78 is 5.93. The minimum absolute atomic E-state index is 0.00914. The third kappa shape index (κ3) is 6.63. The van der Waals surface area contributed by atoms with Gasteiger partial charge in [-0.1, -0.05) is 74.1 Å². The fourth-order valence-corrected chi connectivity index (χ4v) is 4.23. The van der Waals surface area contributed by atoms with Gasteiger partial charge in [-0.15, -0.1) is 0 Å². The fraction of sp³-hybridized carbons (Fsp3) is 0.308. The first kappa shape index (κ1) is 22.4. The van der Waals surface area contributed by atoms with Crippen molar-refractivity contribution in [2.45, 2.75) is 42.8 Å². The van der Waals surface area contributed by atoms with Crippen molar-refractivity contribution in [3.8, 4) is 5.75 Å². The SMILES string of the molecule is CC(CO)C(O)C(C)Cc1ccc(Sc2cccc(OCc3ccccc3)c2)cc1. The van der Waals surface area contributed by atoms with E-state index in [1.165, 1.54) is 5.56 Å². The van der Waals surface area contributed by atoms with Crippen molar-refractivity contribution in [2.75, 3.05) is 6.61 Å². The van der Waals surface area contributed by atoms with Gasteiger partial charge in [-0.25, -0.2) is 0 Å². The highest BCUT2D eigenvalue weighted by atomic mass is 32.2. The van der Waals surface area contributed by atoms with Crippen molar-refractivity contribution < 1.29 is 14.9 Å². The molecule has 4 heteroatoms. The lowest BCUT2D eigenvalue weighted by molar-refractivity contribution is 0.0368. The van der Waals surface area contributed by atoms with Gasteiger partial charge in [0.15, 0.2) is 0 Å². The maximum Gasteiger partial charge on any atom is 0.120 e. The second-order valence-electron chi connectivity index (χ2n) is 7.83. The molecule has 0 saturated heterocycles. The summed E-state index contributed by atoms with van der Waals surface area (Å²) in [4.78, 5) is 2.30. The highest BCUT2D eigenvalue weighted by Crippen LogP contribution is 2.31. The van der Waals surface area contributed by atoms with E-state index >= 15 is 0 Å². The van der Waals surface area contributed by atoms with E-state index in [-0.39, 0.29) is 18.4 Å². The zero-order chi connectivity index (χ0) is 21.3. The first-order valence-corrected chi connectivity index (χ1v) is 11.2. The van der Waals surface area contributed by atoms with Crippen molar-refractivity contribution in [1.29, 1.82) is 0 Å². The van der Waals surface area contributed by atoms with Crippen LogP contribution in [0, 0.1) is 11.8 Å². The lowest BCUT2D eigenvalue weighted by Gasteiger charge is -2.23. The summed E-state index contributed by atoms with van der Waals surface area (Å²) in [5, 5.41) is 19.5. The summed E-state index contributed by atoms with van der Waals surface area (Å²) in [6.07, 6.45) is 0.293. The lowest BCUT2D eigenvalue weighted by atomic mass is 9.89. The lowest BCUT2D eigenvalue weighted by Crippen LogP contribution is -2.29. The largest absolute Gasteiger partial charge is 0.489 e. The molecule has 0 heterocycles. The van der Waals surface area contributed by atoms with Crippen LogP contribution in [0.25, 0.3) is 0 Å². The van der Waals surface area contributed by atoms with Gasteiger partial charge in [0.05, 0.1) is 6.10 Å². The molecule has 3 aromatic rings. The van der Waals surface area contributed by atoms with Gasteiger partial charge in [0.25, 0.3) is 0 Å². The second kappa shape index (κ2) is 11.2. The van der Waals surface area contributed by atoms with Crippen LogP contribution in [0.5, 0.6) is 5.75 Å². The van der Waals surface area contributed by atoms with Gasteiger partial charge in [0.2, 0.25) is 0 Å². The van der Waals surface area contributed by atoms with Crippen molar-refractivity contribution in [1.82, 2.24) is 0 Å². The number of ether oxygens (including phenoxy) is 1. The molecular formula is C26H30O3S. The van der Waals surface area contributed by atoms with Crippen LogP contribution in [0.15, 0.2) is 88.7 Å². The van der Waals surface area contributed by atoms with E-state index < -0.39 is 6.10 Å². The predicted molar refractivity (Wildman–Crippen MR) is 123 cm³/mol. The van der Waals surface area contributed by atoms with Gasteiger partial charge in [-0.05, 0) is 53.8 Å². The van der Waals surface area contributed by atoms with Crippen molar-refractivity contribution >= 4 is 11.8 Å². The Bertz CT molecular complexity index is 896. The third-order valence-corrected chi connectivity index (χ3v) is 6.22. The van der Waals surface area contributed by atoms with E-state index in [0.717, 1.165) is 27.5 Å². The predicted octanol–water partition coefficient (Wildman–Crippen LogP) is 5.58. The Labute approximate surface area is 183 Å². The topological polar surface area (TPSA) is 49.7 Å². The van der Waals surface area contributed by atoms with Crippen LogP contribution in [0.3, 0.4) is 0 Å². The van der Waals surface area contributed by atoms with Crippen LogP contribution in [-0.4, -0.2) is 22.9 Å². The van der Waals surface area contributed by atoms with Gasteiger partial charge in [-0.2, -0.15) is 0 Å². The molecule has 3 atom stereocenters. The maximum atomic E-state index is 10.3. The van der Waals surface area contributed by atoms with E-state index in [1.807, 2.05) is 44.2 Å². The highest BCUT2D eigenvalue weighted by molar-refractivity contribution is 7.99. The normalized spacial score (nSPS) is 14.1. The summed E-state index contributed by atoms with van der Waals surface area (Å²) in [7, 11) is 0. The van der Waals surface area contributed by atoms with Gasteiger partial charge >= 0.3 is 0 Å². The summed E-state index contributed by atoms with van der Waals surface area (Å²) in [6.45, 7) is 4.47. The number of aliphatic hydroxyl groups excluding tert-OH is 2. The summed E-state index contributed by atoms with van der Waals surface area (Å²) in [5.41, 5.74) is 2.34. The molecule has 3 aromatic carbocycles. The monoisotopic (exact) mass is 422 g/mol. The van der Waals surface area contributed by atoms with E-state index in [0.29, 0.717) is 6.61 Å². The molecule has 0 aromatic heterocycles. The molecule has 0 spiro atoms. The minimum atomic E-state index is -0.498. The average molecular weight is 423 g/mol. The maximum absolute atomic E-state index is 10.3. The molecule has 0 amide bonds. The van der Waals surface area contributed by atoms with E-state index in [2.05, 4.69) is 48.5 Å². The molecular weight excluding hydrogens is 392 g/mol. The molecule has 30 heavy (non-hydrogen) atoms. The first-order chi connectivity index (χ1) is 14.5. The van der Waals surface area contributed by atoms with Crippen LogP contribution in [0.1, 0.15) is 25.0 Å². The molecule has 3 unspecified atom stereocenters. The number of benzene rings is 3. The smallest absolute Gasteiger partial charge is 0.120 e. The molecule has 0 aliphatic carbocycles. The second-order valence-corrected chi connectivity index (χ2v) is 8.97.